The summed E-state index contributed by atoms with van der Waals surface area (Å²) in [6, 6.07) is 13.3. The zero-order valence-electron chi connectivity index (χ0n) is 14.0. The highest BCUT2D eigenvalue weighted by Gasteiger charge is 2.19. The summed E-state index contributed by atoms with van der Waals surface area (Å²) < 4.78 is 11.0. The lowest BCUT2D eigenvalue weighted by molar-refractivity contribution is 0.102. The van der Waals surface area contributed by atoms with E-state index < -0.39 is 0 Å². The van der Waals surface area contributed by atoms with Crippen LogP contribution >= 0.6 is 11.6 Å². The summed E-state index contributed by atoms with van der Waals surface area (Å²) in [6.45, 7) is 0.826. The number of amides is 1. The van der Waals surface area contributed by atoms with E-state index in [1.165, 1.54) is 12.1 Å². The molecule has 4 rings (SSSR count). The van der Waals surface area contributed by atoms with Crippen LogP contribution in [0.2, 0.25) is 5.02 Å². The Morgan fingerprint density at radius 3 is 2.78 bits per heavy atom. The van der Waals surface area contributed by atoms with E-state index in [0.717, 1.165) is 5.56 Å². The van der Waals surface area contributed by atoms with Gasteiger partial charge in [-0.05, 0) is 30.3 Å². The zero-order valence-corrected chi connectivity index (χ0v) is 14.7. The molecular weight excluding hydrogens is 370 g/mol. The molecule has 2 N–H and O–H groups in total. The molecule has 8 heteroatoms. The predicted molar refractivity (Wildman–Crippen MR) is 101 cm³/mol. The van der Waals surface area contributed by atoms with Gasteiger partial charge in [0, 0.05) is 22.9 Å². The molecule has 0 unspecified atom stereocenters. The number of anilines is 1. The molecular formula is C19H14ClN3O4. The number of ether oxygens (including phenoxy) is 2. The molecule has 0 saturated carbocycles. The molecule has 0 radical (unpaired) electrons. The number of carbonyl (C=O) groups excluding carboxylic acids is 1. The average Bonchev–Trinajstić information content (AvgIpc) is 2.69. The van der Waals surface area contributed by atoms with Crippen molar-refractivity contribution in [3.63, 3.8) is 0 Å². The van der Waals surface area contributed by atoms with Crippen molar-refractivity contribution >= 4 is 23.2 Å². The van der Waals surface area contributed by atoms with Gasteiger partial charge in [0.15, 0.2) is 11.5 Å². The Bertz CT molecular complexity index is 1060. The van der Waals surface area contributed by atoms with Crippen molar-refractivity contribution in [3.05, 3.63) is 69.5 Å². The molecule has 0 bridgehead atoms. The largest absolute Gasteiger partial charge is 0.486 e. The minimum absolute atomic E-state index is 0.279. The van der Waals surface area contributed by atoms with Gasteiger partial charge in [-0.1, -0.05) is 23.7 Å². The van der Waals surface area contributed by atoms with Gasteiger partial charge in [-0.2, -0.15) is 5.10 Å². The molecule has 1 amide bonds. The maximum absolute atomic E-state index is 12.6. The maximum atomic E-state index is 12.6. The number of H-pyrrole nitrogens is 1. The minimum Gasteiger partial charge on any atom is -0.486 e. The van der Waals surface area contributed by atoms with Gasteiger partial charge in [0.1, 0.15) is 13.2 Å². The predicted octanol–water partition coefficient (Wildman–Crippen LogP) is 3.11. The van der Waals surface area contributed by atoms with Gasteiger partial charge in [-0.15, -0.1) is 0 Å². The molecule has 0 fully saturated rings. The van der Waals surface area contributed by atoms with Crippen LogP contribution in [-0.2, 0) is 0 Å². The molecule has 2 heterocycles. The van der Waals surface area contributed by atoms with Crippen molar-refractivity contribution in [2.75, 3.05) is 18.5 Å². The first-order valence-corrected chi connectivity index (χ1v) is 8.54. The third-order valence-corrected chi connectivity index (χ3v) is 4.24. The fourth-order valence-electron chi connectivity index (χ4n) is 2.71. The van der Waals surface area contributed by atoms with Crippen LogP contribution in [0.1, 0.15) is 10.4 Å². The van der Waals surface area contributed by atoms with Crippen molar-refractivity contribution in [2.24, 2.45) is 0 Å². The van der Waals surface area contributed by atoms with Crippen LogP contribution in [0, 0.1) is 0 Å². The number of carbonyl (C=O) groups is 1. The number of hydrogen-bond donors (Lipinski definition) is 2. The first-order valence-electron chi connectivity index (χ1n) is 8.17. The molecule has 136 valence electrons. The molecule has 0 aliphatic carbocycles. The quantitative estimate of drug-likeness (QED) is 0.724. The first kappa shape index (κ1) is 17.1. The highest BCUT2D eigenvalue weighted by molar-refractivity contribution is 6.32. The van der Waals surface area contributed by atoms with Crippen LogP contribution < -0.4 is 20.3 Å². The zero-order chi connectivity index (χ0) is 18.8. The second-order valence-corrected chi connectivity index (χ2v) is 6.23. The number of halogens is 1. The second kappa shape index (κ2) is 7.13. The Hall–Kier alpha value is -3.32. The molecule has 1 aromatic heterocycles. The summed E-state index contributed by atoms with van der Waals surface area (Å²) in [5.74, 6) is 0.566. The minimum atomic E-state index is -0.333. The van der Waals surface area contributed by atoms with E-state index in [0.29, 0.717) is 46.7 Å². The number of fused-ring (bicyclic) bond motifs is 1. The molecule has 7 nitrogen and oxygen atoms in total. The maximum Gasteiger partial charge on any atom is 0.264 e. The SMILES string of the molecule is O=C(Nc1cccc(-c2ccc(=O)[nH]n2)c1)c1cc(Cl)c2c(c1)OCCO2. The lowest BCUT2D eigenvalue weighted by atomic mass is 10.1. The summed E-state index contributed by atoms with van der Waals surface area (Å²) in [5, 5.41) is 9.52. The number of benzene rings is 2. The number of aromatic amines is 1. The van der Waals surface area contributed by atoms with E-state index in [4.69, 9.17) is 21.1 Å². The lowest BCUT2D eigenvalue weighted by Gasteiger charge is -2.20. The van der Waals surface area contributed by atoms with Crippen molar-refractivity contribution in [1.29, 1.82) is 0 Å². The number of nitrogens with zero attached hydrogens (tertiary/aromatic N) is 1. The van der Waals surface area contributed by atoms with Crippen molar-refractivity contribution < 1.29 is 14.3 Å². The van der Waals surface area contributed by atoms with Crippen LogP contribution in [0.4, 0.5) is 5.69 Å². The summed E-state index contributed by atoms with van der Waals surface area (Å²) in [4.78, 5) is 23.8. The Morgan fingerprint density at radius 1 is 1.11 bits per heavy atom. The number of aromatic nitrogens is 2. The van der Waals surface area contributed by atoms with Crippen LogP contribution in [0.15, 0.2) is 53.3 Å². The van der Waals surface area contributed by atoms with E-state index in [9.17, 15) is 9.59 Å². The van der Waals surface area contributed by atoms with E-state index in [1.807, 2.05) is 6.07 Å². The Balaban J connectivity index is 1.58. The normalized spacial score (nSPS) is 12.5. The third-order valence-electron chi connectivity index (χ3n) is 3.95. The lowest BCUT2D eigenvalue weighted by Crippen LogP contribution is -2.17. The topological polar surface area (TPSA) is 93.3 Å². The smallest absolute Gasteiger partial charge is 0.264 e. The molecule has 0 atom stereocenters. The van der Waals surface area contributed by atoms with Gasteiger partial charge < -0.3 is 14.8 Å². The summed E-state index contributed by atoms with van der Waals surface area (Å²) in [6.07, 6.45) is 0. The molecule has 2 aromatic carbocycles. The van der Waals surface area contributed by atoms with Crippen LogP contribution in [0.5, 0.6) is 11.5 Å². The Labute approximate surface area is 158 Å². The molecule has 3 aromatic rings. The Morgan fingerprint density at radius 2 is 1.96 bits per heavy atom. The van der Waals surface area contributed by atoms with Gasteiger partial charge >= 0.3 is 0 Å². The van der Waals surface area contributed by atoms with Crippen molar-refractivity contribution in [3.8, 4) is 22.8 Å². The van der Waals surface area contributed by atoms with E-state index in [-0.39, 0.29) is 11.5 Å². The number of nitrogens with one attached hydrogen (secondary N) is 2. The second-order valence-electron chi connectivity index (χ2n) is 5.82. The van der Waals surface area contributed by atoms with Gasteiger partial charge in [-0.3, -0.25) is 9.59 Å². The summed E-state index contributed by atoms with van der Waals surface area (Å²) in [7, 11) is 0. The van der Waals surface area contributed by atoms with Crippen molar-refractivity contribution in [2.45, 2.75) is 0 Å². The molecule has 0 spiro atoms. The van der Waals surface area contributed by atoms with Gasteiger partial charge in [0.05, 0.1) is 10.7 Å². The fraction of sp³-hybridized carbons (Fsp3) is 0.105. The van der Waals surface area contributed by atoms with Crippen LogP contribution in [0.3, 0.4) is 0 Å². The standard InChI is InChI=1S/C19H14ClN3O4/c20-14-9-12(10-16-18(14)27-7-6-26-16)19(25)21-13-3-1-2-11(8-13)15-4-5-17(24)23-22-15/h1-5,8-10H,6-7H2,(H,21,25)(H,23,24). The Kier molecular flexibility index (Phi) is 4.52. The summed E-state index contributed by atoms with van der Waals surface area (Å²) in [5.41, 5.74) is 2.00. The number of hydrogen-bond acceptors (Lipinski definition) is 5. The highest BCUT2D eigenvalue weighted by Crippen LogP contribution is 2.38. The average molecular weight is 384 g/mol. The monoisotopic (exact) mass is 383 g/mol. The van der Waals surface area contributed by atoms with Crippen LogP contribution in [0.25, 0.3) is 11.3 Å². The molecule has 27 heavy (non-hydrogen) atoms. The number of rotatable bonds is 3. The third kappa shape index (κ3) is 3.63. The summed E-state index contributed by atoms with van der Waals surface area (Å²) >= 11 is 6.19. The van der Waals surface area contributed by atoms with E-state index in [2.05, 4.69) is 15.5 Å². The van der Waals surface area contributed by atoms with Gasteiger partial charge in [0.25, 0.3) is 11.5 Å². The first-order chi connectivity index (χ1) is 13.1. The highest BCUT2D eigenvalue weighted by atomic mass is 35.5. The van der Waals surface area contributed by atoms with Crippen LogP contribution in [-0.4, -0.2) is 29.3 Å². The molecule has 0 saturated heterocycles. The molecule has 1 aliphatic rings. The van der Waals surface area contributed by atoms with E-state index in [1.54, 1.807) is 30.3 Å². The van der Waals surface area contributed by atoms with Gasteiger partial charge in [-0.25, -0.2) is 5.10 Å². The van der Waals surface area contributed by atoms with Gasteiger partial charge in [0.2, 0.25) is 0 Å². The molecule has 1 aliphatic heterocycles. The van der Waals surface area contributed by atoms with Crippen molar-refractivity contribution in [1.82, 2.24) is 10.2 Å². The van der Waals surface area contributed by atoms with E-state index >= 15 is 0 Å². The fourth-order valence-corrected chi connectivity index (χ4v) is 2.97.